The van der Waals surface area contributed by atoms with Crippen LogP contribution in [0.25, 0.3) is 0 Å². The monoisotopic (exact) mass is 307 g/mol. The summed E-state index contributed by atoms with van der Waals surface area (Å²) < 4.78 is 0. The maximum absolute atomic E-state index is 3.74. The van der Waals surface area contributed by atoms with Gasteiger partial charge in [-0.25, -0.2) is 0 Å². The van der Waals surface area contributed by atoms with E-state index in [0.717, 1.165) is 6.54 Å². The van der Waals surface area contributed by atoms with Crippen molar-refractivity contribution in [2.45, 2.75) is 51.5 Å². The molecule has 3 heteroatoms. The fraction of sp³-hybridized carbons (Fsp3) is 0.529. The van der Waals surface area contributed by atoms with Gasteiger partial charge in [0.2, 0.25) is 0 Å². The van der Waals surface area contributed by atoms with Gasteiger partial charge in [-0.05, 0) is 35.9 Å². The molecule has 0 saturated carbocycles. The molecule has 0 amide bonds. The van der Waals surface area contributed by atoms with Crippen molar-refractivity contribution in [3.63, 3.8) is 0 Å². The van der Waals surface area contributed by atoms with Gasteiger partial charge in [-0.15, -0.1) is 22.7 Å². The maximum Gasteiger partial charge on any atom is 0.0764 e. The quantitative estimate of drug-likeness (QED) is 0.543. The zero-order valence-corrected chi connectivity index (χ0v) is 13.9. The van der Waals surface area contributed by atoms with Gasteiger partial charge in [0.25, 0.3) is 0 Å². The fourth-order valence-electron chi connectivity index (χ4n) is 2.40. The normalized spacial score (nSPS) is 11.3. The van der Waals surface area contributed by atoms with Crippen molar-refractivity contribution in [1.82, 2.24) is 5.32 Å². The van der Waals surface area contributed by atoms with E-state index in [2.05, 4.69) is 47.3 Å². The average Bonchev–Trinajstić information content (AvgIpc) is 3.14. The van der Waals surface area contributed by atoms with Crippen LogP contribution in [0, 0.1) is 0 Å². The Morgan fingerprint density at radius 1 is 0.900 bits per heavy atom. The van der Waals surface area contributed by atoms with Crippen molar-refractivity contribution in [2.24, 2.45) is 0 Å². The third-order valence-corrected chi connectivity index (χ3v) is 5.41. The lowest BCUT2D eigenvalue weighted by molar-refractivity contribution is 0.549. The summed E-state index contributed by atoms with van der Waals surface area (Å²) >= 11 is 3.70. The van der Waals surface area contributed by atoms with Crippen LogP contribution in [0.4, 0.5) is 0 Å². The number of rotatable bonds is 10. The molecular formula is C17H25NS2. The SMILES string of the molecule is CCCCCCCCNC(c1cccs1)c1cccs1. The van der Waals surface area contributed by atoms with Gasteiger partial charge in [0.05, 0.1) is 6.04 Å². The third kappa shape index (κ3) is 5.04. The third-order valence-electron chi connectivity index (χ3n) is 3.53. The lowest BCUT2D eigenvalue weighted by Gasteiger charge is -2.16. The minimum atomic E-state index is 0.394. The molecule has 1 nitrogen and oxygen atoms in total. The smallest absolute Gasteiger partial charge is 0.0764 e. The van der Waals surface area contributed by atoms with Gasteiger partial charge in [0.15, 0.2) is 0 Å². The van der Waals surface area contributed by atoms with Crippen LogP contribution in [0.1, 0.15) is 61.2 Å². The molecule has 0 aliphatic heterocycles. The topological polar surface area (TPSA) is 12.0 Å². The van der Waals surface area contributed by atoms with Gasteiger partial charge in [-0.2, -0.15) is 0 Å². The molecule has 1 N–H and O–H groups in total. The van der Waals surface area contributed by atoms with E-state index in [1.165, 1.54) is 48.3 Å². The number of thiophene rings is 2. The Bertz CT molecular complexity index is 399. The first-order valence-electron chi connectivity index (χ1n) is 7.72. The van der Waals surface area contributed by atoms with Crippen molar-refractivity contribution >= 4 is 22.7 Å². The number of hydrogen-bond donors (Lipinski definition) is 1. The molecule has 2 aromatic rings. The Kier molecular flexibility index (Phi) is 7.34. The largest absolute Gasteiger partial charge is 0.305 e. The molecular weight excluding hydrogens is 282 g/mol. The highest BCUT2D eigenvalue weighted by Crippen LogP contribution is 2.29. The zero-order valence-electron chi connectivity index (χ0n) is 12.3. The predicted octanol–water partition coefficient (Wildman–Crippen LogP) is 5.85. The van der Waals surface area contributed by atoms with Crippen molar-refractivity contribution in [3.8, 4) is 0 Å². The van der Waals surface area contributed by atoms with Crippen LogP contribution in [-0.4, -0.2) is 6.54 Å². The van der Waals surface area contributed by atoms with E-state index in [1.54, 1.807) is 0 Å². The van der Waals surface area contributed by atoms with Crippen LogP contribution in [0.2, 0.25) is 0 Å². The highest BCUT2D eigenvalue weighted by atomic mass is 32.1. The first kappa shape index (κ1) is 15.7. The summed E-state index contributed by atoms with van der Waals surface area (Å²) in [6.07, 6.45) is 8.15. The van der Waals surface area contributed by atoms with Crippen molar-refractivity contribution < 1.29 is 0 Å². The highest BCUT2D eigenvalue weighted by molar-refractivity contribution is 7.11. The molecule has 0 aromatic carbocycles. The Balaban J connectivity index is 1.75. The molecule has 0 aliphatic carbocycles. The van der Waals surface area contributed by atoms with E-state index in [0.29, 0.717) is 6.04 Å². The van der Waals surface area contributed by atoms with Crippen molar-refractivity contribution in [3.05, 3.63) is 44.8 Å². The summed E-state index contributed by atoms with van der Waals surface area (Å²) in [5.41, 5.74) is 0. The van der Waals surface area contributed by atoms with Crippen molar-refractivity contribution in [2.75, 3.05) is 6.54 Å². The molecule has 0 unspecified atom stereocenters. The minimum absolute atomic E-state index is 0.394. The van der Waals surface area contributed by atoms with Crippen LogP contribution >= 0.6 is 22.7 Å². The molecule has 0 bridgehead atoms. The van der Waals surface area contributed by atoms with Crippen LogP contribution in [-0.2, 0) is 0 Å². The van der Waals surface area contributed by atoms with E-state index < -0.39 is 0 Å². The average molecular weight is 308 g/mol. The molecule has 0 aliphatic rings. The minimum Gasteiger partial charge on any atom is -0.305 e. The summed E-state index contributed by atoms with van der Waals surface area (Å²) in [6, 6.07) is 9.16. The van der Waals surface area contributed by atoms with Gasteiger partial charge < -0.3 is 5.32 Å². The number of nitrogens with one attached hydrogen (secondary N) is 1. The predicted molar refractivity (Wildman–Crippen MR) is 91.9 cm³/mol. The molecule has 0 fully saturated rings. The van der Waals surface area contributed by atoms with E-state index in [4.69, 9.17) is 0 Å². The first-order valence-corrected chi connectivity index (χ1v) is 9.48. The first-order chi connectivity index (χ1) is 9.92. The molecule has 0 spiro atoms. The summed E-state index contributed by atoms with van der Waals surface area (Å²) in [7, 11) is 0. The van der Waals surface area contributed by atoms with Crippen LogP contribution in [0.3, 0.4) is 0 Å². The second-order valence-corrected chi connectivity index (χ2v) is 7.14. The Labute approximate surface area is 131 Å². The lowest BCUT2D eigenvalue weighted by atomic mass is 10.1. The summed E-state index contributed by atoms with van der Waals surface area (Å²) in [5.74, 6) is 0. The van der Waals surface area contributed by atoms with Gasteiger partial charge in [0.1, 0.15) is 0 Å². The molecule has 2 aromatic heterocycles. The number of unbranched alkanes of at least 4 members (excludes halogenated alkanes) is 5. The maximum atomic E-state index is 3.74. The van der Waals surface area contributed by atoms with Gasteiger partial charge in [0, 0.05) is 9.75 Å². The highest BCUT2D eigenvalue weighted by Gasteiger charge is 2.14. The summed E-state index contributed by atoms with van der Waals surface area (Å²) in [5, 5.41) is 8.07. The second-order valence-electron chi connectivity index (χ2n) is 5.19. The van der Waals surface area contributed by atoms with Gasteiger partial charge in [-0.1, -0.05) is 51.2 Å². The standard InChI is InChI=1S/C17H25NS2/c1-2-3-4-5-6-7-12-18-17(15-10-8-13-19-15)16-11-9-14-20-16/h8-11,13-14,17-18H,2-7,12H2,1H3. The Morgan fingerprint density at radius 2 is 1.50 bits per heavy atom. The van der Waals surface area contributed by atoms with E-state index in [9.17, 15) is 0 Å². The summed E-state index contributed by atoms with van der Waals surface area (Å²) in [4.78, 5) is 2.86. The van der Waals surface area contributed by atoms with Crippen molar-refractivity contribution in [1.29, 1.82) is 0 Å². The summed E-state index contributed by atoms with van der Waals surface area (Å²) in [6.45, 7) is 3.39. The van der Waals surface area contributed by atoms with Gasteiger partial charge >= 0.3 is 0 Å². The second kappa shape index (κ2) is 9.32. The molecule has 0 saturated heterocycles. The van der Waals surface area contributed by atoms with Gasteiger partial charge in [-0.3, -0.25) is 0 Å². The van der Waals surface area contributed by atoms with Crippen LogP contribution in [0.15, 0.2) is 35.0 Å². The molecule has 0 atom stereocenters. The molecule has 110 valence electrons. The van der Waals surface area contributed by atoms with Crippen LogP contribution < -0.4 is 5.32 Å². The Morgan fingerprint density at radius 3 is 2.05 bits per heavy atom. The zero-order chi connectivity index (χ0) is 14.0. The molecule has 2 rings (SSSR count). The Hall–Kier alpha value is -0.640. The van der Waals surface area contributed by atoms with E-state index >= 15 is 0 Å². The molecule has 2 heterocycles. The number of hydrogen-bond acceptors (Lipinski definition) is 3. The van der Waals surface area contributed by atoms with Crippen LogP contribution in [0.5, 0.6) is 0 Å². The lowest BCUT2D eigenvalue weighted by Crippen LogP contribution is -2.21. The van der Waals surface area contributed by atoms with E-state index in [-0.39, 0.29) is 0 Å². The fourth-order valence-corrected chi connectivity index (χ4v) is 4.11. The van der Waals surface area contributed by atoms with E-state index in [1.807, 2.05) is 22.7 Å². The molecule has 20 heavy (non-hydrogen) atoms. The molecule has 0 radical (unpaired) electrons.